The summed E-state index contributed by atoms with van der Waals surface area (Å²) in [5.74, 6) is 0. The van der Waals surface area contributed by atoms with E-state index in [-0.39, 0.29) is 5.54 Å². The Morgan fingerprint density at radius 3 is 2.56 bits per heavy atom. The molecular formula is C13H20N2O2S. The molecule has 1 aromatic rings. The molecule has 0 radical (unpaired) electrons. The van der Waals surface area contributed by atoms with Crippen molar-refractivity contribution in [3.05, 3.63) is 24.3 Å². The van der Waals surface area contributed by atoms with Gasteiger partial charge in [0.2, 0.25) is 0 Å². The molecule has 0 atom stereocenters. The zero-order valence-corrected chi connectivity index (χ0v) is 11.9. The minimum atomic E-state index is -3.18. The molecule has 0 amide bonds. The maximum absolute atomic E-state index is 11.8. The van der Waals surface area contributed by atoms with Crippen LogP contribution in [0.1, 0.15) is 13.8 Å². The normalized spacial score (nSPS) is 19.8. The number of piperazine rings is 1. The number of benzene rings is 1. The number of nitrogens with one attached hydrogen (secondary N) is 1. The monoisotopic (exact) mass is 268 g/mol. The summed E-state index contributed by atoms with van der Waals surface area (Å²) < 4.78 is 23.6. The Hall–Kier alpha value is -1.07. The lowest BCUT2D eigenvalue weighted by Gasteiger charge is -2.40. The lowest BCUT2D eigenvalue weighted by molar-refractivity contribution is 0.352. The second-order valence-electron chi connectivity index (χ2n) is 5.47. The van der Waals surface area contributed by atoms with Crippen molar-refractivity contribution >= 4 is 15.5 Å². The number of sulfone groups is 1. The number of hydrogen-bond donors (Lipinski definition) is 1. The van der Waals surface area contributed by atoms with Gasteiger partial charge in [-0.05, 0) is 26.0 Å². The van der Waals surface area contributed by atoms with Crippen molar-refractivity contribution in [2.75, 3.05) is 30.8 Å². The van der Waals surface area contributed by atoms with Crippen LogP contribution in [0.2, 0.25) is 0 Å². The van der Waals surface area contributed by atoms with E-state index < -0.39 is 9.84 Å². The first kappa shape index (κ1) is 13.4. The Morgan fingerprint density at radius 2 is 1.94 bits per heavy atom. The van der Waals surface area contributed by atoms with Crippen LogP contribution in [-0.4, -0.2) is 39.8 Å². The highest BCUT2D eigenvalue weighted by Crippen LogP contribution is 2.27. The van der Waals surface area contributed by atoms with E-state index in [0.717, 1.165) is 25.3 Å². The molecule has 18 heavy (non-hydrogen) atoms. The van der Waals surface area contributed by atoms with E-state index >= 15 is 0 Å². The fraction of sp³-hybridized carbons (Fsp3) is 0.538. The largest absolute Gasteiger partial charge is 0.367 e. The highest BCUT2D eigenvalue weighted by Gasteiger charge is 2.28. The summed E-state index contributed by atoms with van der Waals surface area (Å²) in [7, 11) is -3.18. The van der Waals surface area contributed by atoms with Crippen LogP contribution in [0.3, 0.4) is 0 Å². The van der Waals surface area contributed by atoms with Gasteiger partial charge in [-0.25, -0.2) is 8.42 Å². The Morgan fingerprint density at radius 1 is 1.28 bits per heavy atom. The number of para-hydroxylation sites is 1. The molecule has 1 N–H and O–H groups in total. The summed E-state index contributed by atoms with van der Waals surface area (Å²) in [5.41, 5.74) is 0.817. The molecule has 0 saturated carbocycles. The molecule has 1 heterocycles. The standard InChI is InChI=1S/C13H20N2O2S/c1-13(2)10-15(9-8-14-13)11-6-4-5-7-12(11)18(3,16)17/h4-7,14H,8-10H2,1-3H3. The third kappa shape index (κ3) is 2.84. The van der Waals surface area contributed by atoms with Crippen molar-refractivity contribution in [2.24, 2.45) is 0 Å². The first-order valence-electron chi connectivity index (χ1n) is 6.09. The second-order valence-corrected chi connectivity index (χ2v) is 7.46. The van der Waals surface area contributed by atoms with Crippen LogP contribution >= 0.6 is 0 Å². The zero-order valence-electron chi connectivity index (χ0n) is 11.1. The van der Waals surface area contributed by atoms with Crippen LogP contribution < -0.4 is 10.2 Å². The average Bonchev–Trinajstić information content (AvgIpc) is 2.26. The van der Waals surface area contributed by atoms with Gasteiger partial charge in [-0.15, -0.1) is 0 Å². The maximum Gasteiger partial charge on any atom is 0.177 e. The average molecular weight is 268 g/mol. The van der Waals surface area contributed by atoms with Crippen molar-refractivity contribution in [3.63, 3.8) is 0 Å². The van der Waals surface area contributed by atoms with Gasteiger partial charge < -0.3 is 10.2 Å². The molecule has 1 saturated heterocycles. The highest BCUT2D eigenvalue weighted by molar-refractivity contribution is 7.90. The van der Waals surface area contributed by atoms with E-state index in [2.05, 4.69) is 24.1 Å². The molecule has 0 bridgehead atoms. The summed E-state index contributed by atoms with van der Waals surface area (Å²) in [6.45, 7) is 6.75. The van der Waals surface area contributed by atoms with Gasteiger partial charge in [0.05, 0.1) is 10.6 Å². The van der Waals surface area contributed by atoms with Gasteiger partial charge in [0.15, 0.2) is 9.84 Å². The molecular weight excluding hydrogens is 248 g/mol. The highest BCUT2D eigenvalue weighted by atomic mass is 32.2. The number of anilines is 1. The van der Waals surface area contributed by atoms with Gasteiger partial charge in [-0.3, -0.25) is 0 Å². The number of hydrogen-bond acceptors (Lipinski definition) is 4. The predicted molar refractivity (Wildman–Crippen MR) is 73.8 cm³/mol. The summed E-state index contributed by atoms with van der Waals surface area (Å²) in [4.78, 5) is 2.56. The fourth-order valence-electron chi connectivity index (χ4n) is 2.38. The van der Waals surface area contributed by atoms with Gasteiger partial charge in [-0.2, -0.15) is 0 Å². The van der Waals surface area contributed by atoms with Gasteiger partial charge in [0, 0.05) is 31.4 Å². The third-order valence-electron chi connectivity index (χ3n) is 3.18. The summed E-state index contributed by atoms with van der Waals surface area (Å²) in [6, 6.07) is 7.23. The molecule has 1 aliphatic rings. The summed E-state index contributed by atoms with van der Waals surface area (Å²) in [6.07, 6.45) is 1.26. The molecule has 1 fully saturated rings. The van der Waals surface area contributed by atoms with Crippen LogP contribution in [0.25, 0.3) is 0 Å². The van der Waals surface area contributed by atoms with E-state index in [1.165, 1.54) is 6.26 Å². The Labute approximate surface area is 109 Å². The van der Waals surface area contributed by atoms with E-state index in [9.17, 15) is 8.42 Å². The zero-order chi connectivity index (χ0) is 13.4. The lowest BCUT2D eigenvalue weighted by Crippen LogP contribution is -2.57. The van der Waals surface area contributed by atoms with Crippen LogP contribution in [0, 0.1) is 0 Å². The van der Waals surface area contributed by atoms with E-state index in [1.54, 1.807) is 12.1 Å². The minimum absolute atomic E-state index is 0.00284. The quantitative estimate of drug-likeness (QED) is 0.878. The van der Waals surface area contributed by atoms with Gasteiger partial charge in [0.1, 0.15) is 0 Å². The van der Waals surface area contributed by atoms with Crippen LogP contribution in [-0.2, 0) is 9.84 Å². The summed E-state index contributed by atoms with van der Waals surface area (Å²) in [5, 5.41) is 3.43. The SMILES string of the molecule is CC1(C)CN(c2ccccc2S(C)(=O)=O)CCN1. The topological polar surface area (TPSA) is 49.4 Å². The molecule has 100 valence electrons. The van der Waals surface area contributed by atoms with Gasteiger partial charge >= 0.3 is 0 Å². The smallest absolute Gasteiger partial charge is 0.177 e. The Kier molecular flexibility index (Phi) is 3.38. The Balaban J connectivity index is 2.40. The lowest BCUT2D eigenvalue weighted by atomic mass is 10.0. The first-order chi connectivity index (χ1) is 8.30. The van der Waals surface area contributed by atoms with Crippen LogP contribution in [0.15, 0.2) is 29.2 Å². The molecule has 0 unspecified atom stereocenters. The number of nitrogens with zero attached hydrogens (tertiary/aromatic N) is 1. The summed E-state index contributed by atoms with van der Waals surface area (Å²) >= 11 is 0. The fourth-order valence-corrected chi connectivity index (χ4v) is 3.28. The maximum atomic E-state index is 11.8. The van der Waals surface area contributed by atoms with Crippen molar-refractivity contribution in [3.8, 4) is 0 Å². The van der Waals surface area contributed by atoms with E-state index in [1.807, 2.05) is 12.1 Å². The first-order valence-corrected chi connectivity index (χ1v) is 7.98. The number of rotatable bonds is 2. The van der Waals surface area contributed by atoms with Crippen LogP contribution in [0.4, 0.5) is 5.69 Å². The Bertz CT molecular complexity index is 538. The van der Waals surface area contributed by atoms with Crippen molar-refractivity contribution in [1.29, 1.82) is 0 Å². The van der Waals surface area contributed by atoms with Crippen LogP contribution in [0.5, 0.6) is 0 Å². The van der Waals surface area contributed by atoms with Gasteiger partial charge in [0.25, 0.3) is 0 Å². The minimum Gasteiger partial charge on any atom is -0.367 e. The van der Waals surface area contributed by atoms with Crippen molar-refractivity contribution in [2.45, 2.75) is 24.3 Å². The third-order valence-corrected chi connectivity index (χ3v) is 4.32. The molecule has 1 aliphatic heterocycles. The van der Waals surface area contributed by atoms with Crippen molar-refractivity contribution < 1.29 is 8.42 Å². The second kappa shape index (κ2) is 4.55. The molecule has 4 nitrogen and oxygen atoms in total. The molecule has 0 aromatic heterocycles. The van der Waals surface area contributed by atoms with Gasteiger partial charge in [-0.1, -0.05) is 12.1 Å². The molecule has 1 aromatic carbocycles. The molecule has 0 aliphatic carbocycles. The van der Waals surface area contributed by atoms with E-state index in [4.69, 9.17) is 0 Å². The molecule has 0 spiro atoms. The predicted octanol–water partition coefficient (Wildman–Crippen LogP) is 1.28. The molecule has 5 heteroatoms. The van der Waals surface area contributed by atoms with E-state index in [0.29, 0.717) is 4.90 Å². The molecule has 2 rings (SSSR count). The van der Waals surface area contributed by atoms with Crippen molar-refractivity contribution in [1.82, 2.24) is 5.32 Å².